The molecule has 2 rings (SSSR count). The molecule has 0 spiro atoms. The van der Waals surface area contributed by atoms with Gasteiger partial charge in [0, 0.05) is 12.1 Å². The molecule has 0 bridgehead atoms. The Morgan fingerprint density at radius 2 is 1.83 bits per heavy atom. The number of aryl methyl sites for hydroxylation is 1. The highest BCUT2D eigenvalue weighted by atomic mass is 19.1. The number of hydrogen-bond acceptors (Lipinski definition) is 2. The van der Waals surface area contributed by atoms with Gasteiger partial charge in [0.1, 0.15) is 11.9 Å². The van der Waals surface area contributed by atoms with E-state index in [4.69, 9.17) is 0 Å². The molecule has 24 heavy (non-hydrogen) atoms. The van der Waals surface area contributed by atoms with Crippen molar-refractivity contribution < 1.29 is 14.0 Å². The van der Waals surface area contributed by atoms with Crippen LogP contribution in [-0.4, -0.2) is 24.4 Å². The van der Waals surface area contributed by atoms with E-state index >= 15 is 0 Å². The molecule has 0 unspecified atom stereocenters. The predicted molar refractivity (Wildman–Crippen MR) is 91.2 cm³/mol. The van der Waals surface area contributed by atoms with E-state index in [9.17, 15) is 14.0 Å². The van der Waals surface area contributed by atoms with E-state index in [2.05, 4.69) is 10.6 Å². The Kier molecular flexibility index (Phi) is 6.07. The zero-order valence-electron chi connectivity index (χ0n) is 13.8. The highest BCUT2D eigenvalue weighted by molar-refractivity contribution is 5.97. The molecule has 0 saturated carbocycles. The first-order chi connectivity index (χ1) is 11.5. The topological polar surface area (TPSA) is 58.2 Å². The molecular weight excluding hydrogens is 307 g/mol. The molecule has 5 heteroatoms. The van der Waals surface area contributed by atoms with Crippen molar-refractivity contribution >= 4 is 11.8 Å². The first-order valence-electron chi connectivity index (χ1n) is 7.85. The normalized spacial score (nSPS) is 11.6. The van der Waals surface area contributed by atoms with Crippen LogP contribution in [0, 0.1) is 12.7 Å². The van der Waals surface area contributed by atoms with Gasteiger partial charge in [0.15, 0.2) is 0 Å². The van der Waals surface area contributed by atoms with Crippen LogP contribution in [-0.2, 0) is 11.2 Å². The van der Waals surface area contributed by atoms with Gasteiger partial charge in [0.25, 0.3) is 5.91 Å². The van der Waals surface area contributed by atoms with E-state index in [1.54, 1.807) is 37.3 Å². The van der Waals surface area contributed by atoms with Crippen molar-refractivity contribution in [3.05, 3.63) is 71.0 Å². The summed E-state index contributed by atoms with van der Waals surface area (Å²) in [5.41, 5.74) is 2.45. The molecule has 2 aromatic rings. The van der Waals surface area contributed by atoms with Crippen molar-refractivity contribution in [2.24, 2.45) is 0 Å². The molecular formula is C19H21FN2O2. The smallest absolute Gasteiger partial charge is 0.251 e. The third-order valence-electron chi connectivity index (χ3n) is 3.65. The molecule has 4 nitrogen and oxygen atoms in total. The minimum absolute atomic E-state index is 0.252. The summed E-state index contributed by atoms with van der Waals surface area (Å²) in [6, 6.07) is 12.7. The number of rotatable bonds is 6. The van der Waals surface area contributed by atoms with Crippen LogP contribution in [0.3, 0.4) is 0 Å². The Labute approximate surface area is 141 Å². The summed E-state index contributed by atoms with van der Waals surface area (Å²) in [6.07, 6.45) is 0.602. The molecule has 0 heterocycles. The lowest BCUT2D eigenvalue weighted by molar-refractivity contribution is -0.122. The molecule has 0 aliphatic heterocycles. The maximum absolute atomic E-state index is 12.8. The second kappa shape index (κ2) is 8.24. The van der Waals surface area contributed by atoms with Gasteiger partial charge in [-0.1, -0.05) is 29.8 Å². The second-order valence-corrected chi connectivity index (χ2v) is 5.73. The molecule has 0 aliphatic rings. The first kappa shape index (κ1) is 17.7. The molecule has 0 aromatic heterocycles. The Balaban J connectivity index is 1.79. The summed E-state index contributed by atoms with van der Waals surface area (Å²) in [7, 11) is 0. The molecule has 2 N–H and O–H groups in total. The van der Waals surface area contributed by atoms with Gasteiger partial charge in [-0.2, -0.15) is 0 Å². The van der Waals surface area contributed by atoms with Crippen molar-refractivity contribution in [2.75, 3.05) is 6.54 Å². The molecule has 0 saturated heterocycles. The van der Waals surface area contributed by atoms with Gasteiger partial charge in [0.2, 0.25) is 5.91 Å². The minimum atomic E-state index is -0.633. The second-order valence-electron chi connectivity index (χ2n) is 5.73. The summed E-state index contributed by atoms with van der Waals surface area (Å²) in [4.78, 5) is 24.1. The van der Waals surface area contributed by atoms with Gasteiger partial charge in [-0.15, -0.1) is 0 Å². The van der Waals surface area contributed by atoms with E-state index in [0.29, 0.717) is 18.5 Å². The monoisotopic (exact) mass is 328 g/mol. The Bertz CT molecular complexity index is 714. The Morgan fingerprint density at radius 3 is 2.50 bits per heavy atom. The average molecular weight is 328 g/mol. The lowest BCUT2D eigenvalue weighted by Gasteiger charge is -2.14. The number of halogens is 1. The minimum Gasteiger partial charge on any atom is -0.354 e. The number of amides is 2. The predicted octanol–water partition coefficient (Wildman–Crippen LogP) is 2.61. The first-order valence-corrected chi connectivity index (χ1v) is 7.85. The lowest BCUT2D eigenvalue weighted by Crippen LogP contribution is -2.45. The lowest BCUT2D eigenvalue weighted by atomic mass is 10.1. The molecule has 2 aromatic carbocycles. The average Bonchev–Trinajstić information content (AvgIpc) is 2.56. The molecule has 0 radical (unpaired) electrons. The summed E-state index contributed by atoms with van der Waals surface area (Å²) < 4.78 is 12.8. The van der Waals surface area contributed by atoms with Crippen molar-refractivity contribution in [2.45, 2.75) is 26.3 Å². The van der Waals surface area contributed by atoms with E-state index < -0.39 is 6.04 Å². The molecule has 0 fully saturated rings. The Morgan fingerprint density at radius 1 is 1.12 bits per heavy atom. The fourth-order valence-electron chi connectivity index (χ4n) is 2.27. The molecule has 0 aliphatic carbocycles. The third kappa shape index (κ3) is 5.19. The van der Waals surface area contributed by atoms with Crippen molar-refractivity contribution in [1.82, 2.24) is 10.6 Å². The summed E-state index contributed by atoms with van der Waals surface area (Å²) in [5.74, 6) is -0.812. The zero-order chi connectivity index (χ0) is 17.5. The van der Waals surface area contributed by atoms with Gasteiger partial charge < -0.3 is 10.6 Å². The fraction of sp³-hybridized carbons (Fsp3) is 0.263. The summed E-state index contributed by atoms with van der Waals surface area (Å²) >= 11 is 0. The molecule has 2 amide bonds. The van der Waals surface area contributed by atoms with E-state index in [-0.39, 0.29) is 17.6 Å². The van der Waals surface area contributed by atoms with E-state index in [1.807, 2.05) is 13.0 Å². The van der Waals surface area contributed by atoms with Gasteiger partial charge in [-0.25, -0.2) is 4.39 Å². The highest BCUT2D eigenvalue weighted by Crippen LogP contribution is 2.05. The van der Waals surface area contributed by atoms with E-state index in [0.717, 1.165) is 11.1 Å². The van der Waals surface area contributed by atoms with Crippen LogP contribution < -0.4 is 10.6 Å². The molecule has 1 atom stereocenters. The van der Waals surface area contributed by atoms with Crippen LogP contribution in [0.1, 0.15) is 28.4 Å². The van der Waals surface area contributed by atoms with Gasteiger partial charge >= 0.3 is 0 Å². The van der Waals surface area contributed by atoms with Crippen molar-refractivity contribution in [3.63, 3.8) is 0 Å². The zero-order valence-corrected chi connectivity index (χ0v) is 13.8. The molecule has 126 valence electrons. The van der Waals surface area contributed by atoms with Gasteiger partial charge in [-0.3, -0.25) is 9.59 Å². The van der Waals surface area contributed by atoms with Gasteiger partial charge in [-0.05, 0) is 50.1 Å². The number of nitrogens with one attached hydrogen (secondary N) is 2. The number of carbonyl (C=O) groups is 2. The van der Waals surface area contributed by atoms with Crippen LogP contribution >= 0.6 is 0 Å². The SMILES string of the molecule is Cc1cccc(C(=O)N[C@@H](C)C(=O)NCCc2ccc(F)cc2)c1. The van der Waals surface area contributed by atoms with Crippen LogP contribution in [0.5, 0.6) is 0 Å². The van der Waals surface area contributed by atoms with Crippen LogP contribution in [0.25, 0.3) is 0 Å². The summed E-state index contributed by atoms with van der Waals surface area (Å²) in [5, 5.41) is 5.45. The number of carbonyl (C=O) groups excluding carboxylic acids is 2. The van der Waals surface area contributed by atoms with Crippen molar-refractivity contribution in [1.29, 1.82) is 0 Å². The van der Waals surface area contributed by atoms with Crippen molar-refractivity contribution in [3.8, 4) is 0 Å². The largest absolute Gasteiger partial charge is 0.354 e. The van der Waals surface area contributed by atoms with Crippen LogP contribution in [0.4, 0.5) is 4.39 Å². The fourth-order valence-corrected chi connectivity index (χ4v) is 2.27. The standard InChI is InChI=1S/C19H21FN2O2/c1-13-4-3-5-16(12-13)19(24)22-14(2)18(23)21-11-10-15-6-8-17(20)9-7-15/h3-9,12,14H,10-11H2,1-2H3,(H,21,23)(H,22,24)/t14-/m0/s1. The maximum Gasteiger partial charge on any atom is 0.251 e. The van der Waals surface area contributed by atoms with E-state index in [1.165, 1.54) is 12.1 Å². The number of hydrogen-bond donors (Lipinski definition) is 2. The van der Waals surface area contributed by atoms with Crippen LogP contribution in [0.15, 0.2) is 48.5 Å². The summed E-state index contributed by atoms with van der Waals surface area (Å²) in [6.45, 7) is 3.97. The van der Waals surface area contributed by atoms with Gasteiger partial charge in [0.05, 0.1) is 0 Å². The highest BCUT2D eigenvalue weighted by Gasteiger charge is 2.16. The Hall–Kier alpha value is -2.69. The quantitative estimate of drug-likeness (QED) is 0.856. The van der Waals surface area contributed by atoms with Crippen LogP contribution in [0.2, 0.25) is 0 Å². The number of benzene rings is 2. The third-order valence-corrected chi connectivity index (χ3v) is 3.65. The maximum atomic E-state index is 12.8.